The van der Waals surface area contributed by atoms with Gasteiger partial charge in [0.2, 0.25) is 5.91 Å². The Bertz CT molecular complexity index is 324. The van der Waals surface area contributed by atoms with Crippen LogP contribution in [-0.2, 0) is 15.4 Å². The molecule has 0 saturated carbocycles. The number of nitrogens with one attached hydrogen (secondary N) is 1. The van der Waals surface area contributed by atoms with Crippen LogP contribution in [0.15, 0.2) is 24.3 Å². The van der Waals surface area contributed by atoms with Crippen molar-refractivity contribution in [3.63, 3.8) is 0 Å². The predicted octanol–water partition coefficient (Wildman–Crippen LogP) is 2.79. The normalized spacial score (nSPS) is 10.1. The average Bonchev–Trinajstić information content (AvgIpc) is 2.30. The molecule has 0 heterocycles. The summed E-state index contributed by atoms with van der Waals surface area (Å²) in [6.45, 7) is 2.71. The number of rotatable bonds is 6. The summed E-state index contributed by atoms with van der Waals surface area (Å²) in [5, 5.41) is 2.75. The van der Waals surface area contributed by atoms with Gasteiger partial charge in [0.1, 0.15) is 6.61 Å². The molecule has 16 heavy (non-hydrogen) atoms. The third kappa shape index (κ3) is 4.64. The van der Waals surface area contributed by atoms with Crippen LogP contribution in [0.25, 0.3) is 0 Å². The topological polar surface area (TPSA) is 38.3 Å². The van der Waals surface area contributed by atoms with Crippen molar-refractivity contribution in [3.8, 4) is 0 Å². The molecule has 0 radical (unpaired) electrons. The van der Waals surface area contributed by atoms with Crippen LogP contribution in [-0.4, -0.2) is 19.1 Å². The smallest absolute Gasteiger partial charge is 0.250 e. The van der Waals surface area contributed by atoms with E-state index in [1.165, 1.54) is 0 Å². The number of halogens is 1. The molecular formula is C12H16ClNO2. The molecule has 1 aromatic rings. The molecule has 1 rings (SSSR count). The van der Waals surface area contributed by atoms with Gasteiger partial charge in [0.25, 0.3) is 0 Å². The first-order chi connectivity index (χ1) is 7.76. The van der Waals surface area contributed by atoms with E-state index >= 15 is 0 Å². The molecule has 3 nitrogen and oxygen atoms in total. The molecule has 0 aliphatic heterocycles. The first kappa shape index (κ1) is 13.0. The molecule has 1 aromatic carbocycles. The zero-order valence-electron chi connectivity index (χ0n) is 9.33. The molecule has 0 aliphatic rings. The monoisotopic (exact) mass is 241 g/mol. The second kappa shape index (κ2) is 7.25. The van der Waals surface area contributed by atoms with Gasteiger partial charge in [-0.25, -0.2) is 0 Å². The SMILES string of the molecule is CCCOCC(=O)Nc1ccc(CCl)cc1. The molecule has 88 valence electrons. The predicted molar refractivity (Wildman–Crippen MR) is 65.7 cm³/mol. The Morgan fingerprint density at radius 3 is 2.62 bits per heavy atom. The lowest BCUT2D eigenvalue weighted by Crippen LogP contribution is -2.18. The highest BCUT2D eigenvalue weighted by Crippen LogP contribution is 2.10. The van der Waals surface area contributed by atoms with Gasteiger partial charge in [-0.05, 0) is 24.1 Å². The number of ether oxygens (including phenoxy) is 1. The van der Waals surface area contributed by atoms with Gasteiger partial charge >= 0.3 is 0 Å². The minimum atomic E-state index is -0.132. The maximum absolute atomic E-state index is 11.4. The molecule has 0 saturated heterocycles. The van der Waals surface area contributed by atoms with Crippen LogP contribution in [0.4, 0.5) is 5.69 Å². The summed E-state index contributed by atoms with van der Waals surface area (Å²) in [7, 11) is 0. The van der Waals surface area contributed by atoms with Crippen LogP contribution in [0, 0.1) is 0 Å². The third-order valence-electron chi connectivity index (χ3n) is 1.97. The molecule has 0 bridgehead atoms. The number of hydrogen-bond donors (Lipinski definition) is 1. The van der Waals surface area contributed by atoms with Crippen molar-refractivity contribution in [2.75, 3.05) is 18.5 Å². The maximum atomic E-state index is 11.4. The van der Waals surface area contributed by atoms with Gasteiger partial charge < -0.3 is 10.1 Å². The van der Waals surface area contributed by atoms with E-state index in [4.69, 9.17) is 16.3 Å². The zero-order valence-corrected chi connectivity index (χ0v) is 10.1. The molecule has 1 amide bonds. The summed E-state index contributed by atoms with van der Waals surface area (Å²) in [6, 6.07) is 7.43. The van der Waals surface area contributed by atoms with Crippen LogP contribution in [0.2, 0.25) is 0 Å². The van der Waals surface area contributed by atoms with Crippen molar-refractivity contribution < 1.29 is 9.53 Å². The molecule has 4 heteroatoms. The van der Waals surface area contributed by atoms with E-state index in [1.54, 1.807) is 0 Å². The number of alkyl halides is 1. The number of carbonyl (C=O) groups is 1. The highest BCUT2D eigenvalue weighted by molar-refractivity contribution is 6.17. The van der Waals surface area contributed by atoms with Crippen LogP contribution in [0.3, 0.4) is 0 Å². The van der Waals surface area contributed by atoms with Crippen LogP contribution in [0.5, 0.6) is 0 Å². The molecule has 0 aromatic heterocycles. The average molecular weight is 242 g/mol. The zero-order chi connectivity index (χ0) is 11.8. The second-order valence-corrected chi connectivity index (χ2v) is 3.70. The fourth-order valence-corrected chi connectivity index (χ4v) is 1.36. The Morgan fingerprint density at radius 1 is 1.38 bits per heavy atom. The Hall–Kier alpha value is -1.06. The highest BCUT2D eigenvalue weighted by atomic mass is 35.5. The molecule has 0 aliphatic carbocycles. The minimum Gasteiger partial charge on any atom is -0.372 e. The van der Waals surface area contributed by atoms with E-state index in [0.29, 0.717) is 12.5 Å². The molecule has 0 atom stereocenters. The summed E-state index contributed by atoms with van der Waals surface area (Å²) in [4.78, 5) is 11.4. The highest BCUT2D eigenvalue weighted by Gasteiger charge is 2.01. The van der Waals surface area contributed by atoms with Crippen molar-refractivity contribution in [1.82, 2.24) is 0 Å². The number of hydrogen-bond acceptors (Lipinski definition) is 2. The quantitative estimate of drug-likeness (QED) is 0.614. The fourth-order valence-electron chi connectivity index (χ4n) is 1.18. The van der Waals surface area contributed by atoms with Crippen molar-refractivity contribution in [2.24, 2.45) is 0 Å². The van der Waals surface area contributed by atoms with Crippen molar-refractivity contribution in [2.45, 2.75) is 19.2 Å². The third-order valence-corrected chi connectivity index (χ3v) is 2.28. The van der Waals surface area contributed by atoms with E-state index in [0.717, 1.165) is 17.7 Å². The fraction of sp³-hybridized carbons (Fsp3) is 0.417. The molecule has 1 N–H and O–H groups in total. The lowest BCUT2D eigenvalue weighted by atomic mass is 10.2. The summed E-state index contributed by atoms with van der Waals surface area (Å²) in [5.41, 5.74) is 1.79. The number of carbonyl (C=O) groups excluding carboxylic acids is 1. The minimum absolute atomic E-state index is 0.102. The summed E-state index contributed by atoms with van der Waals surface area (Å²) < 4.78 is 5.13. The lowest BCUT2D eigenvalue weighted by molar-refractivity contribution is -0.120. The number of anilines is 1. The van der Waals surface area contributed by atoms with Crippen LogP contribution < -0.4 is 5.32 Å². The van der Waals surface area contributed by atoms with Crippen LogP contribution in [0.1, 0.15) is 18.9 Å². The Balaban J connectivity index is 2.37. The van der Waals surface area contributed by atoms with Gasteiger partial charge in [-0.15, -0.1) is 11.6 Å². The lowest BCUT2D eigenvalue weighted by Gasteiger charge is -2.06. The largest absolute Gasteiger partial charge is 0.372 e. The van der Waals surface area contributed by atoms with E-state index < -0.39 is 0 Å². The van der Waals surface area contributed by atoms with Gasteiger partial charge in [0.15, 0.2) is 0 Å². The Morgan fingerprint density at radius 2 is 2.06 bits per heavy atom. The van der Waals surface area contributed by atoms with E-state index in [1.807, 2.05) is 31.2 Å². The molecular weight excluding hydrogens is 226 g/mol. The second-order valence-electron chi connectivity index (χ2n) is 3.43. The molecule has 0 fully saturated rings. The summed E-state index contributed by atoms with van der Waals surface area (Å²) in [5.74, 6) is 0.348. The van der Waals surface area contributed by atoms with Gasteiger partial charge in [0.05, 0.1) is 0 Å². The first-order valence-electron chi connectivity index (χ1n) is 5.28. The first-order valence-corrected chi connectivity index (χ1v) is 5.82. The van der Waals surface area contributed by atoms with Gasteiger partial charge in [0, 0.05) is 18.2 Å². The van der Waals surface area contributed by atoms with Crippen LogP contribution >= 0.6 is 11.6 Å². The maximum Gasteiger partial charge on any atom is 0.250 e. The van der Waals surface area contributed by atoms with Gasteiger partial charge in [-0.3, -0.25) is 4.79 Å². The van der Waals surface area contributed by atoms with Gasteiger partial charge in [-0.1, -0.05) is 19.1 Å². The Kier molecular flexibility index (Phi) is 5.90. The summed E-state index contributed by atoms with van der Waals surface area (Å²) >= 11 is 5.66. The van der Waals surface area contributed by atoms with E-state index in [2.05, 4.69) is 5.32 Å². The molecule has 0 unspecified atom stereocenters. The molecule has 0 spiro atoms. The number of benzene rings is 1. The summed E-state index contributed by atoms with van der Waals surface area (Å²) in [6.07, 6.45) is 0.914. The van der Waals surface area contributed by atoms with Crippen molar-refractivity contribution in [1.29, 1.82) is 0 Å². The van der Waals surface area contributed by atoms with Crippen molar-refractivity contribution >= 4 is 23.2 Å². The van der Waals surface area contributed by atoms with Gasteiger partial charge in [-0.2, -0.15) is 0 Å². The van der Waals surface area contributed by atoms with E-state index in [9.17, 15) is 4.79 Å². The van der Waals surface area contributed by atoms with Crippen molar-refractivity contribution in [3.05, 3.63) is 29.8 Å². The standard InChI is InChI=1S/C12H16ClNO2/c1-2-7-16-9-12(15)14-11-5-3-10(8-13)4-6-11/h3-6H,2,7-9H2,1H3,(H,14,15). The Labute approximate surface area is 101 Å². The van der Waals surface area contributed by atoms with E-state index in [-0.39, 0.29) is 12.5 Å². The number of amides is 1.